The van der Waals surface area contributed by atoms with Crippen molar-refractivity contribution in [2.24, 2.45) is 11.7 Å². The lowest BCUT2D eigenvalue weighted by atomic mass is 9.83. The maximum Gasteiger partial charge on any atom is 0.0702 e. The number of nitrogens with two attached hydrogens (primary N) is 1. The first kappa shape index (κ1) is 14.9. The van der Waals surface area contributed by atoms with Crippen molar-refractivity contribution in [1.29, 1.82) is 0 Å². The zero-order chi connectivity index (χ0) is 12.9. The third-order valence-corrected chi connectivity index (χ3v) is 4.71. The van der Waals surface area contributed by atoms with Crippen molar-refractivity contribution in [1.82, 2.24) is 4.90 Å². The highest BCUT2D eigenvalue weighted by Crippen LogP contribution is 2.26. The molecule has 0 bridgehead atoms. The molecular formula is C14H30N2O. The standard InChI is InChI=1S/C14H30N2O/c1-5-12(2)14(3,11-15)16(4)10-13-8-6-7-9-17-13/h12-13H,5-11,15H2,1-4H3. The Labute approximate surface area is 107 Å². The molecule has 0 saturated carbocycles. The van der Waals surface area contributed by atoms with Gasteiger partial charge in [0, 0.05) is 25.2 Å². The Kier molecular flexibility index (Phi) is 5.90. The van der Waals surface area contributed by atoms with Crippen LogP contribution in [0, 0.1) is 5.92 Å². The Morgan fingerprint density at radius 3 is 2.65 bits per heavy atom. The minimum atomic E-state index is 0.0928. The Balaban J connectivity index is 2.55. The molecule has 1 aliphatic rings. The van der Waals surface area contributed by atoms with Gasteiger partial charge < -0.3 is 10.5 Å². The van der Waals surface area contributed by atoms with Gasteiger partial charge in [-0.1, -0.05) is 20.3 Å². The monoisotopic (exact) mass is 242 g/mol. The van der Waals surface area contributed by atoms with Gasteiger partial charge in [0.1, 0.15) is 0 Å². The molecule has 1 aliphatic heterocycles. The van der Waals surface area contributed by atoms with Gasteiger partial charge in [0.25, 0.3) is 0 Å². The van der Waals surface area contributed by atoms with E-state index < -0.39 is 0 Å². The van der Waals surface area contributed by atoms with Gasteiger partial charge >= 0.3 is 0 Å². The number of hydrogen-bond acceptors (Lipinski definition) is 3. The van der Waals surface area contributed by atoms with Crippen LogP contribution in [0.15, 0.2) is 0 Å². The van der Waals surface area contributed by atoms with Gasteiger partial charge in [-0.3, -0.25) is 4.90 Å². The van der Waals surface area contributed by atoms with Gasteiger partial charge in [-0.25, -0.2) is 0 Å². The summed E-state index contributed by atoms with van der Waals surface area (Å²) in [5.41, 5.74) is 6.10. The van der Waals surface area contributed by atoms with Crippen molar-refractivity contribution in [3.8, 4) is 0 Å². The van der Waals surface area contributed by atoms with Crippen LogP contribution in [0.3, 0.4) is 0 Å². The Bertz CT molecular complexity index is 216. The second-order valence-electron chi connectivity index (χ2n) is 5.74. The summed E-state index contributed by atoms with van der Waals surface area (Å²) in [6.45, 7) is 9.48. The van der Waals surface area contributed by atoms with E-state index in [9.17, 15) is 0 Å². The highest BCUT2D eigenvalue weighted by atomic mass is 16.5. The molecule has 3 atom stereocenters. The first-order chi connectivity index (χ1) is 8.04. The maximum atomic E-state index is 6.01. The average molecular weight is 242 g/mol. The molecule has 3 heteroatoms. The van der Waals surface area contributed by atoms with Crippen molar-refractivity contribution in [2.45, 2.75) is 58.1 Å². The summed E-state index contributed by atoms with van der Waals surface area (Å²) >= 11 is 0. The molecule has 1 fully saturated rings. The minimum Gasteiger partial charge on any atom is -0.377 e. The molecule has 102 valence electrons. The van der Waals surface area contributed by atoms with Crippen LogP contribution in [-0.4, -0.2) is 43.3 Å². The van der Waals surface area contributed by atoms with E-state index in [1.54, 1.807) is 0 Å². The molecule has 0 radical (unpaired) electrons. The molecule has 0 aromatic heterocycles. The number of ether oxygens (including phenoxy) is 1. The first-order valence-corrected chi connectivity index (χ1v) is 7.07. The molecule has 17 heavy (non-hydrogen) atoms. The number of rotatable bonds is 6. The predicted octanol–water partition coefficient (Wildman–Crippen LogP) is 2.25. The smallest absolute Gasteiger partial charge is 0.0702 e. The van der Waals surface area contributed by atoms with E-state index in [-0.39, 0.29) is 5.54 Å². The van der Waals surface area contributed by atoms with Gasteiger partial charge in [0.15, 0.2) is 0 Å². The van der Waals surface area contributed by atoms with Crippen LogP contribution in [-0.2, 0) is 4.74 Å². The molecule has 0 spiro atoms. The highest BCUT2D eigenvalue weighted by molar-refractivity contribution is 4.91. The topological polar surface area (TPSA) is 38.5 Å². The highest BCUT2D eigenvalue weighted by Gasteiger charge is 2.34. The van der Waals surface area contributed by atoms with Crippen LogP contribution < -0.4 is 5.73 Å². The Morgan fingerprint density at radius 1 is 1.47 bits per heavy atom. The normalized spacial score (nSPS) is 26.8. The summed E-state index contributed by atoms with van der Waals surface area (Å²) in [7, 11) is 2.19. The van der Waals surface area contributed by atoms with E-state index in [4.69, 9.17) is 10.5 Å². The molecular weight excluding hydrogens is 212 g/mol. The van der Waals surface area contributed by atoms with Gasteiger partial charge in [-0.2, -0.15) is 0 Å². The summed E-state index contributed by atoms with van der Waals surface area (Å²) in [5.74, 6) is 0.612. The summed E-state index contributed by atoms with van der Waals surface area (Å²) in [4.78, 5) is 2.41. The van der Waals surface area contributed by atoms with Crippen molar-refractivity contribution < 1.29 is 4.74 Å². The van der Waals surface area contributed by atoms with E-state index >= 15 is 0 Å². The zero-order valence-corrected chi connectivity index (χ0v) is 12.0. The van der Waals surface area contributed by atoms with Crippen LogP contribution >= 0.6 is 0 Å². The molecule has 0 aromatic rings. The molecule has 1 rings (SSSR count). The van der Waals surface area contributed by atoms with Gasteiger partial charge in [-0.05, 0) is 39.2 Å². The fraction of sp³-hybridized carbons (Fsp3) is 1.00. The molecule has 3 unspecified atom stereocenters. The van der Waals surface area contributed by atoms with Gasteiger partial charge in [0.2, 0.25) is 0 Å². The van der Waals surface area contributed by atoms with Crippen molar-refractivity contribution in [3.63, 3.8) is 0 Å². The molecule has 0 aromatic carbocycles. The van der Waals surface area contributed by atoms with Gasteiger partial charge in [-0.15, -0.1) is 0 Å². The molecule has 0 amide bonds. The van der Waals surface area contributed by atoms with Crippen LogP contribution in [0.2, 0.25) is 0 Å². The number of nitrogens with zero attached hydrogens (tertiary/aromatic N) is 1. The number of likely N-dealkylation sites (N-methyl/N-ethyl adjacent to an activating group) is 1. The lowest BCUT2D eigenvalue weighted by Crippen LogP contribution is -2.56. The summed E-state index contributed by atoms with van der Waals surface area (Å²) < 4.78 is 5.82. The third kappa shape index (κ3) is 3.67. The maximum absolute atomic E-state index is 6.01. The van der Waals surface area contributed by atoms with Crippen LogP contribution in [0.1, 0.15) is 46.5 Å². The summed E-state index contributed by atoms with van der Waals surface area (Å²) in [6.07, 6.45) is 5.30. The Morgan fingerprint density at radius 2 is 2.18 bits per heavy atom. The number of hydrogen-bond donors (Lipinski definition) is 1. The zero-order valence-electron chi connectivity index (χ0n) is 12.0. The van der Waals surface area contributed by atoms with E-state index in [0.717, 1.165) is 13.2 Å². The quantitative estimate of drug-likeness (QED) is 0.776. The van der Waals surface area contributed by atoms with Crippen LogP contribution in [0.25, 0.3) is 0 Å². The summed E-state index contributed by atoms with van der Waals surface area (Å²) in [6, 6.07) is 0. The fourth-order valence-electron chi connectivity index (χ4n) is 2.64. The van der Waals surface area contributed by atoms with Crippen LogP contribution in [0.4, 0.5) is 0 Å². The fourth-order valence-corrected chi connectivity index (χ4v) is 2.64. The van der Waals surface area contributed by atoms with E-state index in [1.165, 1.54) is 25.7 Å². The van der Waals surface area contributed by atoms with Crippen molar-refractivity contribution >= 4 is 0 Å². The molecule has 1 saturated heterocycles. The molecule has 2 N–H and O–H groups in total. The average Bonchev–Trinajstić information content (AvgIpc) is 2.37. The molecule has 0 aliphatic carbocycles. The van der Waals surface area contributed by atoms with Gasteiger partial charge in [0.05, 0.1) is 6.10 Å². The molecule has 1 heterocycles. The van der Waals surface area contributed by atoms with Crippen molar-refractivity contribution in [3.05, 3.63) is 0 Å². The predicted molar refractivity (Wildman–Crippen MR) is 73.1 cm³/mol. The Hall–Kier alpha value is -0.120. The SMILES string of the molecule is CCC(C)C(C)(CN)N(C)CC1CCCCO1. The second kappa shape index (κ2) is 6.72. The van der Waals surface area contributed by atoms with Crippen LogP contribution in [0.5, 0.6) is 0 Å². The second-order valence-corrected chi connectivity index (χ2v) is 5.74. The minimum absolute atomic E-state index is 0.0928. The first-order valence-electron chi connectivity index (χ1n) is 7.07. The lowest BCUT2D eigenvalue weighted by Gasteiger charge is -2.44. The summed E-state index contributed by atoms with van der Waals surface area (Å²) in [5, 5.41) is 0. The molecule has 3 nitrogen and oxygen atoms in total. The third-order valence-electron chi connectivity index (χ3n) is 4.71. The van der Waals surface area contributed by atoms with Crippen molar-refractivity contribution in [2.75, 3.05) is 26.7 Å². The lowest BCUT2D eigenvalue weighted by molar-refractivity contribution is -0.0295. The van der Waals surface area contributed by atoms with E-state index in [1.807, 2.05) is 0 Å². The largest absolute Gasteiger partial charge is 0.377 e. The van der Waals surface area contributed by atoms with E-state index in [2.05, 4.69) is 32.7 Å². The van der Waals surface area contributed by atoms with E-state index in [0.29, 0.717) is 18.6 Å².